The van der Waals surface area contributed by atoms with E-state index >= 15 is 0 Å². The summed E-state index contributed by atoms with van der Waals surface area (Å²) in [5.74, 6) is -0.757. The summed E-state index contributed by atoms with van der Waals surface area (Å²) in [6.45, 7) is 5.06. The maximum absolute atomic E-state index is 12.8. The molecule has 7 atom stereocenters. The lowest BCUT2D eigenvalue weighted by atomic mass is 9.87. The molecule has 0 aromatic heterocycles. The summed E-state index contributed by atoms with van der Waals surface area (Å²) in [6.07, 6.45) is 31.0. The van der Waals surface area contributed by atoms with Gasteiger partial charge < -0.3 is 38.9 Å². The number of quaternary nitrogens is 1. The molecule has 1 heterocycles. The van der Waals surface area contributed by atoms with E-state index in [9.17, 15) is 29.6 Å². The Bertz CT molecular complexity index is 1160. The number of ether oxygens (including phenoxy) is 3. The molecule has 346 valence electrons. The van der Waals surface area contributed by atoms with E-state index in [0.29, 0.717) is 43.3 Å². The predicted octanol–water partition coefficient (Wildman–Crippen LogP) is 9.49. The number of likely N-dealkylation sites (N-methyl/N-ethyl adjacent to an activating group) is 1. The molecule has 0 saturated carbocycles. The van der Waals surface area contributed by atoms with Crippen molar-refractivity contribution in [3.05, 3.63) is 36.5 Å². The van der Waals surface area contributed by atoms with Gasteiger partial charge in [-0.25, -0.2) is 4.57 Å². The molecule has 0 amide bonds. The van der Waals surface area contributed by atoms with Crippen LogP contribution < -0.4 is 0 Å². The maximum atomic E-state index is 12.8. The first-order valence-corrected chi connectivity index (χ1v) is 24.6. The smallest absolute Gasteiger partial charge is 0.457 e. The molecule has 4 N–H and O–H groups in total. The van der Waals surface area contributed by atoms with Gasteiger partial charge in [0.25, 0.3) is 0 Å². The van der Waals surface area contributed by atoms with E-state index in [-0.39, 0.29) is 38.6 Å². The first-order chi connectivity index (χ1) is 28.3. The number of esters is 1. The standard InChI is InChI=1S/C46H86NO11P/c1-6-8-10-11-12-13-14-15-16-17-18-19-20-21-24-28-35-54-38-41(39-56-59(52,53)55-36-34-47(3,4)5)57-45(50)31-27-23-22-26-30-42-43(49)37-46(51)58-44(42)33-32-40(48)29-25-9-7-2/h9,22,25-26,32-33,40-44,46,48-49,51H,6-8,10-21,23-24,27-31,34-39H2,1-5H3/p+1/b25-9-,26-22-,33-32+. The van der Waals surface area contributed by atoms with Crippen LogP contribution in [0.3, 0.4) is 0 Å². The van der Waals surface area contributed by atoms with Crippen LogP contribution >= 0.6 is 7.82 Å². The topological polar surface area (TPSA) is 161 Å². The fraction of sp³-hybridized carbons (Fsp3) is 0.848. The summed E-state index contributed by atoms with van der Waals surface area (Å²) < 4.78 is 40.7. The summed E-state index contributed by atoms with van der Waals surface area (Å²) in [5.41, 5.74) is 0. The van der Waals surface area contributed by atoms with Gasteiger partial charge in [-0.3, -0.25) is 13.8 Å². The van der Waals surface area contributed by atoms with Crippen molar-refractivity contribution < 1.29 is 57.3 Å². The van der Waals surface area contributed by atoms with E-state index in [4.69, 9.17) is 23.3 Å². The van der Waals surface area contributed by atoms with Crippen LogP contribution in [0.2, 0.25) is 0 Å². The maximum Gasteiger partial charge on any atom is 0.472 e. The molecule has 12 nitrogen and oxygen atoms in total. The molecule has 1 aliphatic rings. The van der Waals surface area contributed by atoms with E-state index in [1.54, 1.807) is 12.2 Å². The number of phosphoric ester groups is 1. The number of unbranched alkanes of at least 4 members (excludes halogenated alkanes) is 16. The number of hydrogen-bond donors (Lipinski definition) is 4. The number of aliphatic hydroxyl groups excluding tert-OH is 3. The van der Waals surface area contributed by atoms with Crippen LogP contribution in [0.15, 0.2) is 36.5 Å². The lowest BCUT2D eigenvalue weighted by Crippen LogP contribution is -2.43. The van der Waals surface area contributed by atoms with E-state index in [1.165, 1.54) is 83.5 Å². The van der Waals surface area contributed by atoms with Gasteiger partial charge in [0, 0.05) is 25.4 Å². The van der Waals surface area contributed by atoms with E-state index in [0.717, 1.165) is 25.7 Å². The summed E-state index contributed by atoms with van der Waals surface area (Å²) in [4.78, 5) is 23.1. The van der Waals surface area contributed by atoms with E-state index < -0.39 is 44.5 Å². The van der Waals surface area contributed by atoms with Crippen LogP contribution in [0, 0.1) is 5.92 Å². The third-order valence-corrected chi connectivity index (χ3v) is 11.5. The Morgan fingerprint density at radius 1 is 0.797 bits per heavy atom. The van der Waals surface area contributed by atoms with Gasteiger partial charge in [0.2, 0.25) is 0 Å². The number of rotatable bonds is 38. The van der Waals surface area contributed by atoms with Crippen LogP contribution in [-0.4, -0.2) is 115 Å². The minimum absolute atomic E-state index is 0.0388. The molecular weight excluding hydrogens is 773 g/mol. The minimum Gasteiger partial charge on any atom is -0.457 e. The number of allylic oxidation sites excluding steroid dienone is 3. The monoisotopic (exact) mass is 861 g/mol. The summed E-state index contributed by atoms with van der Waals surface area (Å²) in [6, 6.07) is 0. The summed E-state index contributed by atoms with van der Waals surface area (Å²) >= 11 is 0. The average molecular weight is 861 g/mol. The minimum atomic E-state index is -4.35. The Hall–Kier alpha value is -1.44. The highest BCUT2D eigenvalue weighted by molar-refractivity contribution is 7.47. The number of carbonyl (C=O) groups excluding carboxylic acids is 1. The van der Waals surface area contributed by atoms with Crippen molar-refractivity contribution in [3.63, 3.8) is 0 Å². The molecule has 13 heteroatoms. The largest absolute Gasteiger partial charge is 0.472 e. The third-order valence-electron chi connectivity index (χ3n) is 10.5. The molecule has 0 radical (unpaired) electrons. The van der Waals surface area contributed by atoms with Crippen LogP contribution in [0.1, 0.15) is 162 Å². The van der Waals surface area contributed by atoms with Gasteiger partial charge in [0.1, 0.15) is 19.3 Å². The molecule has 0 bridgehead atoms. The highest BCUT2D eigenvalue weighted by Crippen LogP contribution is 2.43. The van der Waals surface area contributed by atoms with Crippen molar-refractivity contribution in [3.8, 4) is 0 Å². The van der Waals surface area contributed by atoms with E-state index in [1.807, 2.05) is 52.4 Å². The fourth-order valence-corrected chi connectivity index (χ4v) is 7.59. The zero-order valence-electron chi connectivity index (χ0n) is 37.8. The lowest BCUT2D eigenvalue weighted by Gasteiger charge is -2.36. The second-order valence-electron chi connectivity index (χ2n) is 17.3. The zero-order chi connectivity index (χ0) is 43.6. The van der Waals surface area contributed by atoms with E-state index in [2.05, 4.69) is 6.92 Å². The second-order valence-corrected chi connectivity index (χ2v) is 18.7. The number of nitrogens with zero attached hydrogens (tertiary/aromatic N) is 1. The average Bonchev–Trinajstić information content (AvgIpc) is 3.17. The van der Waals surface area contributed by atoms with Gasteiger partial charge in [-0.15, -0.1) is 0 Å². The summed E-state index contributed by atoms with van der Waals surface area (Å²) in [5, 5.41) is 31.0. The van der Waals surface area contributed by atoms with Crippen molar-refractivity contribution in [2.75, 3.05) is 54.1 Å². The highest BCUT2D eigenvalue weighted by Gasteiger charge is 2.35. The highest BCUT2D eigenvalue weighted by atomic mass is 31.2. The number of aliphatic hydroxyl groups is 3. The van der Waals surface area contributed by atoms with Gasteiger partial charge in [0.15, 0.2) is 6.29 Å². The molecule has 1 saturated heterocycles. The Morgan fingerprint density at radius 3 is 2.00 bits per heavy atom. The van der Waals surface area contributed by atoms with Crippen molar-refractivity contribution in [1.82, 2.24) is 0 Å². The molecule has 7 unspecified atom stereocenters. The molecular formula is C46H87NO11P+. The molecule has 1 fully saturated rings. The van der Waals surface area contributed by atoms with Crippen LogP contribution in [0.25, 0.3) is 0 Å². The Morgan fingerprint density at radius 2 is 1.41 bits per heavy atom. The molecule has 1 rings (SSSR count). The van der Waals surface area contributed by atoms with Crippen molar-refractivity contribution in [2.24, 2.45) is 5.92 Å². The predicted molar refractivity (Wildman–Crippen MR) is 237 cm³/mol. The molecule has 0 aromatic rings. The Kier molecular flexibility index (Phi) is 33.0. The zero-order valence-corrected chi connectivity index (χ0v) is 38.7. The third kappa shape index (κ3) is 32.9. The van der Waals surface area contributed by atoms with Gasteiger partial charge in [0.05, 0.1) is 52.7 Å². The summed E-state index contributed by atoms with van der Waals surface area (Å²) in [7, 11) is 1.50. The van der Waals surface area contributed by atoms with Crippen LogP contribution in [0.5, 0.6) is 0 Å². The van der Waals surface area contributed by atoms with Crippen LogP contribution in [-0.2, 0) is 32.6 Å². The van der Waals surface area contributed by atoms with Crippen molar-refractivity contribution in [1.29, 1.82) is 0 Å². The number of phosphoric acid groups is 1. The van der Waals surface area contributed by atoms with Gasteiger partial charge in [-0.05, 0) is 38.5 Å². The first-order valence-electron chi connectivity index (χ1n) is 23.1. The molecule has 0 spiro atoms. The molecule has 1 aliphatic heterocycles. The molecule has 59 heavy (non-hydrogen) atoms. The van der Waals surface area contributed by atoms with Gasteiger partial charge >= 0.3 is 13.8 Å². The van der Waals surface area contributed by atoms with Gasteiger partial charge in [-0.1, -0.05) is 147 Å². The Labute approximate surface area is 359 Å². The number of hydrogen-bond acceptors (Lipinski definition) is 10. The Balaban J connectivity index is 2.46. The normalized spacial score (nSPS) is 21.1. The lowest BCUT2D eigenvalue weighted by molar-refractivity contribution is -0.870. The molecule has 0 aliphatic carbocycles. The first kappa shape index (κ1) is 55.6. The van der Waals surface area contributed by atoms with Crippen molar-refractivity contribution >= 4 is 13.8 Å². The second kappa shape index (κ2) is 35.1. The van der Waals surface area contributed by atoms with Crippen molar-refractivity contribution in [2.45, 2.75) is 192 Å². The quantitative estimate of drug-likeness (QED) is 0.0154. The fourth-order valence-electron chi connectivity index (χ4n) is 6.84. The molecule has 0 aromatic carbocycles. The SMILES string of the molecule is CC/C=C\CC(O)/C=C/C1OC(O)CC(O)C1C/C=C\CCCC(=O)OC(COCCCCCCCCCCCCCCCCCC)COP(=O)(O)OCC[N+](C)(C)C. The van der Waals surface area contributed by atoms with Crippen LogP contribution in [0.4, 0.5) is 0 Å². The van der Waals surface area contributed by atoms with Gasteiger partial charge in [-0.2, -0.15) is 0 Å². The number of carbonyl (C=O) groups is 1.